The van der Waals surface area contributed by atoms with Crippen LogP contribution in [0.1, 0.15) is 0 Å². The molecule has 0 spiro atoms. The van der Waals surface area contributed by atoms with E-state index in [1.807, 2.05) is 0 Å². The molecule has 42 nitrogen and oxygen atoms in total. The maximum absolute atomic E-state index is 12.8. The zero-order chi connectivity index (χ0) is 67.4. The summed E-state index contributed by atoms with van der Waals surface area (Å²) in [4.78, 5) is 9.62. The van der Waals surface area contributed by atoms with Gasteiger partial charge in [-0.05, 0) is 13.1 Å². The molecular formula is C2H8O42Si41. The molecule has 0 amide bonds. The molecule has 0 saturated carbocycles. The van der Waals surface area contributed by atoms with Crippen LogP contribution in [0.15, 0.2) is 0 Å². The van der Waals surface area contributed by atoms with Crippen molar-refractivity contribution < 1.29 is 187 Å². The smallest absolute Gasteiger partial charge is 0.533 e. The fourth-order valence-electron chi connectivity index (χ4n) is 4.14. The van der Waals surface area contributed by atoms with E-state index in [0.717, 1.165) is 13.1 Å². The minimum absolute atomic E-state index is 1.00. The third kappa shape index (κ3) is 22.7. The lowest BCUT2D eigenvalue weighted by atomic mass is 11.9. The summed E-state index contributed by atoms with van der Waals surface area (Å²) in [6, 6.07) is 0. The lowest BCUT2D eigenvalue weighted by Gasteiger charge is -2.13. The SMILES string of the molecule is C[Si](C)(O)O[Si](=O)[Si](=O)[Si](=O)[Si](=O)[Si](=O)[Si](=O)[Si](=O)[Si](=O)[Si](=O)[Si](=O)[Si](=O)[Si](=O)[Si](=O)[Si](=O)[Si](=O)[Si](=O)[Si](=O)[Si](=O)[Si](=O)[Si](=O)[Si](=O)[Si](=O)[Si](=O)[Si](=O)[Si](=O)[Si](=O)[Si](=O)[Si](=O)[Si](=O)[Si](=O)[Si](=O)[Si](=O)[Si](=O)[Si](=O)[Si](=O)[Si](=O)[Si](=O)[Si](=O)[Si](=O)[SiH]=O. The van der Waals surface area contributed by atoms with Gasteiger partial charge < -0.3 is 187 Å². The highest BCUT2D eigenvalue weighted by molar-refractivity contribution is 7.86. The Labute approximate surface area is 513 Å². The average molecular weight is 1860 g/mol. The molecule has 0 aromatic rings. The number of hydrogen-bond acceptors (Lipinski definition) is 42. The first-order valence-electron chi connectivity index (χ1n) is 19.6. The molecule has 0 aromatic carbocycles. The molecule has 0 aromatic heterocycles. The standard InChI is InChI=1S/C2H8O42Si41/c1-85(2,43)44-46(4)48(6)50(8)52(10)54(12)56(14)58(16)60(18)62(20)64(22)66(24)68(26)70(28)72(30)74(32)76(34)78(36)80(38)82(40)84(42)83(41)81(39)79(37)77(35)75(33)73(31)71(29)69(27)67(25)65(23)63(21)61(19)59(17)57(15)55(13)53(11)51(9)49(7)47(5)45-3/h43,45H,1-2H3. The van der Waals surface area contributed by atoms with E-state index in [1.54, 1.807) is 0 Å². The summed E-state index contributed by atoms with van der Waals surface area (Å²) in [5, 5.41) is 0. The van der Waals surface area contributed by atoms with Crippen molar-refractivity contribution in [2.24, 2.45) is 0 Å². The van der Waals surface area contributed by atoms with Crippen LogP contribution in [0.2, 0.25) is 13.1 Å². The summed E-state index contributed by atoms with van der Waals surface area (Å²) in [5.41, 5.74) is 0. The summed E-state index contributed by atoms with van der Waals surface area (Å²) >= 11 is 0. The Hall–Kier alpha value is 0.652. The number of hydrogen-bond donors (Lipinski definition) is 1. The Bertz CT molecular complexity index is 3800. The molecule has 0 fully saturated rings. The molecule has 0 aliphatic heterocycles. The first kappa shape index (κ1) is 85.7. The van der Waals surface area contributed by atoms with Gasteiger partial charge in [0.25, 0.3) is 0 Å². The summed E-state index contributed by atoms with van der Waals surface area (Å²) in [6.45, 7) is 2.00. The van der Waals surface area contributed by atoms with E-state index in [2.05, 4.69) is 4.12 Å². The van der Waals surface area contributed by atoms with Crippen molar-refractivity contribution >= 4 is 319 Å². The Morgan fingerprint density at radius 3 is 0.388 bits per heavy atom. The van der Waals surface area contributed by atoms with Gasteiger partial charge in [-0.2, -0.15) is 0 Å². The average Bonchev–Trinajstić information content (AvgIpc) is 3.66. The van der Waals surface area contributed by atoms with E-state index in [0.29, 0.717) is 0 Å². The molecule has 0 rings (SSSR count). The van der Waals surface area contributed by atoms with Gasteiger partial charge in [0, 0.05) is 0 Å². The zero-order valence-electron chi connectivity index (χ0n) is 39.8. The van der Waals surface area contributed by atoms with Gasteiger partial charge in [-0.25, -0.2) is 0 Å². The molecule has 0 radical (unpaired) electrons. The van der Waals surface area contributed by atoms with Gasteiger partial charge in [-0.3, -0.25) is 0 Å². The minimum atomic E-state index is -4.86. The van der Waals surface area contributed by atoms with Gasteiger partial charge in [-0.15, -0.1) is 0 Å². The summed E-state index contributed by atoms with van der Waals surface area (Å²) in [5.74, 6) is 0. The van der Waals surface area contributed by atoms with Crippen LogP contribution >= 0.6 is 0 Å². The van der Waals surface area contributed by atoms with Crippen molar-refractivity contribution in [2.45, 2.75) is 13.1 Å². The summed E-state index contributed by atoms with van der Waals surface area (Å²) in [6.07, 6.45) is 0. The van der Waals surface area contributed by atoms with Crippen LogP contribution in [0.5, 0.6) is 0 Å². The van der Waals surface area contributed by atoms with E-state index in [-0.39, 0.29) is 0 Å². The van der Waals surface area contributed by atoms with Crippen LogP contribution in [-0.2, 0) is 183 Å². The van der Waals surface area contributed by atoms with Crippen molar-refractivity contribution in [1.29, 1.82) is 0 Å². The Balaban J connectivity index is 5.98. The second-order valence-electron chi connectivity index (χ2n) is 14.5. The first-order chi connectivity index (χ1) is 38.6. The Morgan fingerprint density at radius 1 is 0.200 bits per heavy atom. The summed E-state index contributed by atoms with van der Waals surface area (Å²) < 4.78 is 505. The minimum Gasteiger partial charge on any atom is -0.558 e. The van der Waals surface area contributed by atoms with Gasteiger partial charge >= 0.3 is 319 Å². The topological polar surface area (TPSA) is 712 Å². The third-order valence-corrected chi connectivity index (χ3v) is 314. The normalized spacial score (nSPS) is 10.1. The monoisotopic (exact) mass is 1850 g/mol. The van der Waals surface area contributed by atoms with Crippen molar-refractivity contribution in [3.8, 4) is 0 Å². The van der Waals surface area contributed by atoms with Crippen molar-refractivity contribution in [1.82, 2.24) is 0 Å². The highest BCUT2D eigenvalue weighted by Crippen LogP contribution is 1.98. The van der Waals surface area contributed by atoms with Crippen LogP contribution in [0.25, 0.3) is 0 Å². The zero-order valence-corrected chi connectivity index (χ0v) is 80.9. The van der Waals surface area contributed by atoms with E-state index in [4.69, 9.17) is 0 Å². The molecular weight excluding hydrogens is 1850 g/mol. The van der Waals surface area contributed by atoms with E-state index >= 15 is 0 Å². The van der Waals surface area contributed by atoms with Gasteiger partial charge in [0.15, 0.2) is 0 Å². The Morgan fingerprint density at radius 2 is 0.294 bits per heavy atom. The molecule has 1 N–H and O–H groups in total. The van der Waals surface area contributed by atoms with Gasteiger partial charge in [0.05, 0.1) is 0 Å². The summed E-state index contributed by atoms with van der Waals surface area (Å²) in [7, 11) is -186. The van der Waals surface area contributed by atoms with Crippen molar-refractivity contribution in [3.05, 3.63) is 0 Å². The van der Waals surface area contributed by atoms with Gasteiger partial charge in [0.1, 0.15) is 0 Å². The van der Waals surface area contributed by atoms with Gasteiger partial charge in [-0.1, -0.05) is 0 Å². The lowest BCUT2D eigenvalue weighted by molar-refractivity contribution is 0.372. The van der Waals surface area contributed by atoms with Crippen LogP contribution in [-0.4, -0.2) is 324 Å². The highest BCUT2D eigenvalue weighted by atomic mass is 30.2. The predicted molar refractivity (Wildman–Crippen MR) is 280 cm³/mol. The van der Waals surface area contributed by atoms with E-state index < -0.39 is 319 Å². The van der Waals surface area contributed by atoms with Crippen LogP contribution in [0.4, 0.5) is 0 Å². The fourth-order valence-corrected chi connectivity index (χ4v) is 459. The molecule has 83 heteroatoms. The second-order valence-corrected chi connectivity index (χ2v) is 207. The molecule has 0 unspecified atom stereocenters. The second kappa shape index (κ2) is 37.5. The maximum Gasteiger partial charge on any atom is 0.533 e. The van der Waals surface area contributed by atoms with Crippen LogP contribution < -0.4 is 0 Å². The van der Waals surface area contributed by atoms with E-state index in [1.165, 1.54) is 0 Å². The van der Waals surface area contributed by atoms with Crippen molar-refractivity contribution in [3.63, 3.8) is 0 Å². The molecule has 432 valence electrons. The maximum atomic E-state index is 12.8. The van der Waals surface area contributed by atoms with Crippen molar-refractivity contribution in [2.75, 3.05) is 0 Å². The van der Waals surface area contributed by atoms with Crippen LogP contribution in [0.3, 0.4) is 0 Å². The Kier molecular flexibility index (Phi) is 37.8. The molecule has 0 aliphatic rings. The third-order valence-electron chi connectivity index (χ3n) is 8.28. The van der Waals surface area contributed by atoms with Crippen LogP contribution in [0, 0.1) is 0 Å². The molecule has 0 bridgehead atoms. The lowest BCUT2D eigenvalue weighted by Crippen LogP contribution is -2.58. The predicted octanol–water partition coefficient (Wildman–Crippen LogP) is -20.1. The fraction of sp³-hybridized carbons (Fsp3) is 1.00. The number of rotatable bonds is 41. The van der Waals surface area contributed by atoms with Gasteiger partial charge in [0.2, 0.25) is 0 Å². The molecule has 0 saturated heterocycles. The van der Waals surface area contributed by atoms with E-state index in [9.17, 15) is 183 Å². The first-order valence-corrected chi connectivity index (χ1v) is 118. The highest BCUT2D eigenvalue weighted by Gasteiger charge is 2.60. The molecule has 0 atom stereocenters. The quantitative estimate of drug-likeness (QED) is 0.0555. The molecule has 0 aliphatic carbocycles. The largest absolute Gasteiger partial charge is 0.558 e. The molecule has 85 heavy (non-hydrogen) atoms. The molecule has 0 heterocycles.